The van der Waals surface area contributed by atoms with Crippen LogP contribution in [0, 0.1) is 11.8 Å². The van der Waals surface area contributed by atoms with Gasteiger partial charge in [0.2, 0.25) is 0 Å². The van der Waals surface area contributed by atoms with Gasteiger partial charge in [-0.1, -0.05) is 80.1 Å². The Balaban J connectivity index is 0. The molecule has 0 saturated heterocycles. The van der Waals surface area contributed by atoms with Gasteiger partial charge in [0, 0.05) is 0 Å². The van der Waals surface area contributed by atoms with Gasteiger partial charge in [0.1, 0.15) is 0 Å². The summed E-state index contributed by atoms with van der Waals surface area (Å²) in [4.78, 5) is 9.23. The fraction of sp³-hybridized carbons (Fsp3) is 1.00. The molecule has 6 heteroatoms. The van der Waals surface area contributed by atoms with Crippen molar-refractivity contribution in [2.45, 2.75) is 132 Å². The topological polar surface area (TPSA) is 67.8 Å². The van der Waals surface area contributed by atoms with Gasteiger partial charge in [0.15, 0.2) is 0 Å². The maximum atomic E-state index is 11.3. The first-order chi connectivity index (χ1) is 14.2. The van der Waals surface area contributed by atoms with Crippen molar-refractivity contribution < 1.29 is 18.5 Å². The van der Waals surface area contributed by atoms with Gasteiger partial charge in [-0.05, 0) is 64.5 Å². The summed E-state index contributed by atoms with van der Waals surface area (Å²) in [6, 6.07) is 0. The van der Waals surface area contributed by atoms with E-state index >= 15 is 0 Å². The van der Waals surface area contributed by atoms with E-state index in [1.165, 1.54) is 64.5 Å². The Kier molecular flexibility index (Phi) is 22.5. The van der Waals surface area contributed by atoms with Gasteiger partial charge in [-0.2, -0.15) is 0 Å². The fourth-order valence-corrected chi connectivity index (χ4v) is 4.26. The van der Waals surface area contributed by atoms with E-state index in [0.717, 1.165) is 11.8 Å². The maximum absolute atomic E-state index is 11.3. The van der Waals surface area contributed by atoms with E-state index in [0.29, 0.717) is 12.8 Å². The monoisotopic (exact) mass is 451 g/mol. The summed E-state index contributed by atoms with van der Waals surface area (Å²) in [5, 5.41) is 3.71. The summed E-state index contributed by atoms with van der Waals surface area (Å²) in [6.45, 7) is 19.0. The SMILES string of the molecule is CCC(C)OP(=O)(O)OC(C)CC.CCCCC(CC)CNCC(CC)CCCC. The van der Waals surface area contributed by atoms with Crippen molar-refractivity contribution in [1.82, 2.24) is 5.32 Å². The van der Waals surface area contributed by atoms with Crippen LogP contribution in [0.4, 0.5) is 0 Å². The first kappa shape index (κ1) is 32.3. The summed E-state index contributed by atoms with van der Waals surface area (Å²) in [5.41, 5.74) is 0. The molecule has 30 heavy (non-hydrogen) atoms. The predicted octanol–water partition coefficient (Wildman–Crippen LogP) is 7.73. The minimum absolute atomic E-state index is 0.250. The van der Waals surface area contributed by atoms with E-state index in [9.17, 15) is 9.46 Å². The third kappa shape index (κ3) is 20.0. The molecule has 0 aromatic heterocycles. The Morgan fingerprint density at radius 1 is 0.733 bits per heavy atom. The minimum Gasteiger partial charge on any atom is -0.316 e. The first-order valence-corrected chi connectivity index (χ1v) is 14.1. The van der Waals surface area contributed by atoms with Crippen molar-refractivity contribution in [2.24, 2.45) is 11.8 Å². The molecule has 0 saturated carbocycles. The summed E-state index contributed by atoms with van der Waals surface area (Å²) in [6.07, 6.45) is 11.8. The minimum atomic E-state index is -3.84. The van der Waals surface area contributed by atoms with Crippen LogP contribution < -0.4 is 5.32 Å². The van der Waals surface area contributed by atoms with Gasteiger partial charge in [-0.15, -0.1) is 0 Å². The molecular formula is C24H54NO4P. The van der Waals surface area contributed by atoms with Crippen molar-refractivity contribution >= 4 is 7.82 Å². The van der Waals surface area contributed by atoms with E-state index in [4.69, 9.17) is 9.05 Å². The Bertz CT molecular complexity index is 377. The van der Waals surface area contributed by atoms with E-state index in [2.05, 4.69) is 33.0 Å². The third-order valence-electron chi connectivity index (χ3n) is 5.73. The normalized spacial score (nSPS) is 17.4. The highest BCUT2D eigenvalue weighted by atomic mass is 31.2. The largest absolute Gasteiger partial charge is 0.472 e. The van der Waals surface area contributed by atoms with Gasteiger partial charge < -0.3 is 10.2 Å². The first-order valence-electron chi connectivity index (χ1n) is 12.6. The predicted molar refractivity (Wildman–Crippen MR) is 131 cm³/mol. The average molecular weight is 452 g/mol. The van der Waals surface area contributed by atoms with Crippen molar-refractivity contribution in [2.75, 3.05) is 13.1 Å². The van der Waals surface area contributed by atoms with Crippen LogP contribution in [-0.2, 0) is 13.6 Å². The van der Waals surface area contributed by atoms with Crippen molar-refractivity contribution in [1.29, 1.82) is 0 Å². The standard InChI is InChI=1S/C16H35N.C8H19O4P/c1-5-9-11-15(7-3)13-17-14-16(8-4)12-10-6-2;1-5-7(3)11-13(9,10)12-8(4)6-2/h15-17H,5-14H2,1-4H3;7-8H,5-6H2,1-4H3,(H,9,10). The second kappa shape index (κ2) is 20.9. The lowest BCUT2D eigenvalue weighted by Crippen LogP contribution is -2.28. The van der Waals surface area contributed by atoms with Gasteiger partial charge >= 0.3 is 7.82 Å². The molecule has 184 valence electrons. The molecule has 0 heterocycles. The molecule has 0 aromatic rings. The van der Waals surface area contributed by atoms with Crippen LogP contribution >= 0.6 is 7.82 Å². The molecular weight excluding hydrogens is 397 g/mol. The molecule has 0 amide bonds. The molecule has 2 N–H and O–H groups in total. The van der Waals surface area contributed by atoms with Crippen LogP contribution in [0.5, 0.6) is 0 Å². The summed E-state index contributed by atoms with van der Waals surface area (Å²) in [5.74, 6) is 1.80. The number of rotatable bonds is 18. The van der Waals surface area contributed by atoms with Gasteiger partial charge in [0.05, 0.1) is 12.2 Å². The zero-order chi connectivity index (χ0) is 23.4. The zero-order valence-corrected chi connectivity index (χ0v) is 22.3. The lowest BCUT2D eigenvalue weighted by Gasteiger charge is -2.19. The molecule has 0 fully saturated rings. The van der Waals surface area contributed by atoms with Crippen LogP contribution in [0.3, 0.4) is 0 Å². The molecule has 0 radical (unpaired) electrons. The molecule has 0 aromatic carbocycles. The van der Waals surface area contributed by atoms with Crippen LogP contribution in [-0.4, -0.2) is 30.2 Å². The smallest absolute Gasteiger partial charge is 0.316 e. The number of nitrogens with one attached hydrogen (secondary N) is 1. The molecule has 0 aliphatic rings. The Morgan fingerprint density at radius 2 is 1.10 bits per heavy atom. The summed E-state index contributed by atoms with van der Waals surface area (Å²) >= 11 is 0. The number of phosphoric acid groups is 1. The lowest BCUT2D eigenvalue weighted by molar-refractivity contribution is 0.0834. The van der Waals surface area contributed by atoms with Crippen molar-refractivity contribution in [3.05, 3.63) is 0 Å². The molecule has 0 rings (SSSR count). The fourth-order valence-electron chi connectivity index (χ4n) is 3.01. The number of phosphoric ester groups is 1. The van der Waals surface area contributed by atoms with Gasteiger partial charge in [0.25, 0.3) is 0 Å². The quantitative estimate of drug-likeness (QED) is 0.209. The summed E-state index contributed by atoms with van der Waals surface area (Å²) < 4.78 is 21.0. The van der Waals surface area contributed by atoms with Gasteiger partial charge in [-0.25, -0.2) is 4.57 Å². The second-order valence-corrected chi connectivity index (χ2v) is 9.97. The average Bonchev–Trinajstić information content (AvgIpc) is 2.72. The van der Waals surface area contributed by atoms with Crippen molar-refractivity contribution in [3.63, 3.8) is 0 Å². The molecule has 0 bridgehead atoms. The third-order valence-corrected chi connectivity index (χ3v) is 6.98. The van der Waals surface area contributed by atoms with Crippen molar-refractivity contribution in [3.8, 4) is 0 Å². The number of hydrogen-bond donors (Lipinski definition) is 2. The van der Waals surface area contributed by atoms with E-state index < -0.39 is 7.82 Å². The molecule has 0 spiro atoms. The van der Waals surface area contributed by atoms with Crippen LogP contribution in [0.1, 0.15) is 120 Å². The number of hydrogen-bond acceptors (Lipinski definition) is 4. The Hall–Kier alpha value is 0.0700. The Labute approximate surface area is 188 Å². The zero-order valence-electron chi connectivity index (χ0n) is 21.4. The molecule has 4 unspecified atom stereocenters. The highest BCUT2D eigenvalue weighted by molar-refractivity contribution is 7.47. The summed E-state index contributed by atoms with van der Waals surface area (Å²) in [7, 11) is -3.84. The van der Waals surface area contributed by atoms with E-state index in [-0.39, 0.29) is 12.2 Å². The molecule has 0 aliphatic carbocycles. The van der Waals surface area contributed by atoms with Crippen LogP contribution in [0.25, 0.3) is 0 Å². The van der Waals surface area contributed by atoms with E-state index in [1.807, 2.05) is 13.8 Å². The highest BCUT2D eigenvalue weighted by Gasteiger charge is 2.25. The molecule has 4 atom stereocenters. The molecule has 5 nitrogen and oxygen atoms in total. The van der Waals surface area contributed by atoms with Crippen LogP contribution in [0.2, 0.25) is 0 Å². The second-order valence-electron chi connectivity index (χ2n) is 8.61. The highest BCUT2D eigenvalue weighted by Crippen LogP contribution is 2.46. The molecule has 0 aliphatic heterocycles. The van der Waals surface area contributed by atoms with Crippen LogP contribution in [0.15, 0.2) is 0 Å². The van der Waals surface area contributed by atoms with Gasteiger partial charge in [-0.3, -0.25) is 9.05 Å². The Morgan fingerprint density at radius 3 is 1.37 bits per heavy atom. The van der Waals surface area contributed by atoms with E-state index in [1.54, 1.807) is 13.8 Å². The lowest BCUT2D eigenvalue weighted by atomic mass is 9.97. The maximum Gasteiger partial charge on any atom is 0.472 e. The number of unbranched alkanes of at least 4 members (excludes halogenated alkanes) is 2.